The Balaban J connectivity index is 0.00000272. The first kappa shape index (κ1) is 29.8. The number of phenolic OH excluding ortho intramolecular Hbond substituents is 2. The van der Waals surface area contributed by atoms with E-state index in [2.05, 4.69) is 15.5 Å². The molecule has 0 radical (unpaired) electrons. The molecule has 0 atom stereocenters. The van der Waals surface area contributed by atoms with Gasteiger partial charge in [-0.1, -0.05) is 0 Å². The van der Waals surface area contributed by atoms with E-state index in [1.165, 1.54) is 0 Å². The van der Waals surface area contributed by atoms with Gasteiger partial charge >= 0.3 is 59.1 Å². The van der Waals surface area contributed by atoms with Gasteiger partial charge in [0.2, 0.25) is 0 Å². The van der Waals surface area contributed by atoms with Crippen LogP contribution in [0.2, 0.25) is 0 Å². The van der Waals surface area contributed by atoms with Gasteiger partial charge in [0.25, 0.3) is 0 Å². The molecule has 0 heterocycles. The zero-order valence-electron chi connectivity index (χ0n) is 17.8. The molecule has 11 nitrogen and oxygen atoms in total. The number of rotatable bonds is 6. The molecule has 0 aromatic heterocycles. The van der Waals surface area contributed by atoms with Crippen LogP contribution in [0.3, 0.4) is 0 Å². The molecule has 3 rings (SSSR count). The van der Waals surface area contributed by atoms with Crippen molar-refractivity contribution in [3.05, 3.63) is 42.5 Å². The molecule has 3 N–H and O–H groups in total. The zero-order valence-corrected chi connectivity index (χ0v) is 23.4. The summed E-state index contributed by atoms with van der Waals surface area (Å²) in [5.41, 5.74) is 0.325. The van der Waals surface area contributed by atoms with E-state index in [-0.39, 0.29) is 70.2 Å². The van der Waals surface area contributed by atoms with E-state index >= 15 is 0 Å². The quantitative estimate of drug-likeness (QED) is 0.175. The Morgan fingerprint density at radius 1 is 0.909 bits per heavy atom. The second-order valence-electron chi connectivity index (χ2n) is 6.30. The van der Waals surface area contributed by atoms with Crippen LogP contribution in [0, 0.1) is 0 Å². The zero-order chi connectivity index (χ0) is 23.0. The molecule has 0 amide bonds. The molecular formula is C18H15N3Na2O8S2. The molecule has 33 heavy (non-hydrogen) atoms. The fraction of sp³-hybridized carbons (Fsp3) is 0.111. The molecule has 0 fully saturated rings. The number of hydrogen-bond acceptors (Lipinski definition) is 11. The number of benzene rings is 3. The summed E-state index contributed by atoms with van der Waals surface area (Å²) in [5.74, 6) is -1.75. The molecule has 0 saturated carbocycles. The number of nitrogens with zero attached hydrogens (tertiary/aromatic N) is 2. The SMILES string of the molecule is CCNc1ccc(N=Nc2c(S(=O)(=O)[O-])cc3cc(S(=O)(=O)[O-])cc(O)c3c2O)cc1.[Na+].[Na+]. The molecule has 0 aliphatic rings. The first-order valence-electron chi connectivity index (χ1n) is 8.62. The summed E-state index contributed by atoms with van der Waals surface area (Å²) in [6.45, 7) is 2.60. The van der Waals surface area contributed by atoms with E-state index in [4.69, 9.17) is 0 Å². The van der Waals surface area contributed by atoms with E-state index in [1.54, 1.807) is 24.3 Å². The predicted octanol–water partition coefficient (Wildman–Crippen LogP) is -3.09. The van der Waals surface area contributed by atoms with Crippen LogP contribution in [0.4, 0.5) is 17.1 Å². The molecule has 0 aliphatic heterocycles. The molecule has 3 aromatic carbocycles. The monoisotopic (exact) mass is 511 g/mol. The van der Waals surface area contributed by atoms with Crippen molar-refractivity contribution in [2.75, 3.05) is 11.9 Å². The third-order valence-electron chi connectivity index (χ3n) is 4.17. The number of phenols is 2. The maximum atomic E-state index is 11.7. The van der Waals surface area contributed by atoms with Gasteiger partial charge in [-0.15, -0.1) is 5.11 Å². The summed E-state index contributed by atoms with van der Waals surface area (Å²) in [6, 6.07) is 8.48. The first-order valence-corrected chi connectivity index (χ1v) is 11.4. The van der Waals surface area contributed by atoms with E-state index in [0.717, 1.165) is 11.8 Å². The van der Waals surface area contributed by atoms with Crippen molar-refractivity contribution in [3.8, 4) is 11.5 Å². The average Bonchev–Trinajstić information content (AvgIpc) is 2.66. The fourth-order valence-electron chi connectivity index (χ4n) is 2.83. The topological polar surface area (TPSA) is 192 Å². The number of hydrogen-bond donors (Lipinski definition) is 3. The third kappa shape index (κ3) is 6.88. The van der Waals surface area contributed by atoms with Gasteiger partial charge < -0.3 is 24.6 Å². The number of nitrogens with one attached hydrogen (secondary N) is 1. The van der Waals surface area contributed by atoms with Crippen molar-refractivity contribution in [1.82, 2.24) is 0 Å². The minimum absolute atomic E-state index is 0. The Hall–Kier alpha value is -1.26. The predicted molar refractivity (Wildman–Crippen MR) is 108 cm³/mol. The summed E-state index contributed by atoms with van der Waals surface area (Å²) in [6.07, 6.45) is 0. The van der Waals surface area contributed by atoms with Crippen LogP contribution in [0.25, 0.3) is 10.8 Å². The second kappa shape index (κ2) is 11.4. The van der Waals surface area contributed by atoms with Gasteiger partial charge in [-0.05, 0) is 54.8 Å². The minimum atomic E-state index is -5.21. The van der Waals surface area contributed by atoms with Gasteiger partial charge in [-0.25, -0.2) is 16.8 Å². The minimum Gasteiger partial charge on any atom is -0.744 e. The normalized spacial score (nSPS) is 11.7. The van der Waals surface area contributed by atoms with E-state index in [0.29, 0.717) is 18.7 Å². The molecule has 0 aliphatic carbocycles. The van der Waals surface area contributed by atoms with Crippen molar-refractivity contribution < 1.29 is 95.3 Å². The van der Waals surface area contributed by atoms with Gasteiger partial charge in [0, 0.05) is 12.2 Å². The van der Waals surface area contributed by atoms with Crippen LogP contribution in [-0.4, -0.2) is 42.7 Å². The Labute approximate surface area is 234 Å². The molecule has 0 bridgehead atoms. The molecule has 3 aromatic rings. The van der Waals surface area contributed by atoms with Crippen LogP contribution in [0.1, 0.15) is 6.92 Å². The summed E-state index contributed by atoms with van der Waals surface area (Å²) < 4.78 is 68.9. The van der Waals surface area contributed by atoms with Gasteiger partial charge in [-0.2, -0.15) is 5.11 Å². The van der Waals surface area contributed by atoms with Crippen LogP contribution in [0.15, 0.2) is 62.5 Å². The molecule has 0 saturated heterocycles. The molecular weight excluding hydrogens is 496 g/mol. The first-order chi connectivity index (χ1) is 14.4. The Kier molecular flexibility index (Phi) is 10.3. The van der Waals surface area contributed by atoms with Gasteiger partial charge in [0.15, 0.2) is 5.75 Å². The van der Waals surface area contributed by atoms with Gasteiger partial charge in [-0.3, -0.25) is 0 Å². The summed E-state index contributed by atoms with van der Waals surface area (Å²) >= 11 is 0. The molecule has 0 spiro atoms. The summed E-state index contributed by atoms with van der Waals surface area (Å²) in [7, 11) is -10.2. The molecule has 15 heteroatoms. The number of anilines is 1. The van der Waals surface area contributed by atoms with Crippen molar-refractivity contribution in [2.45, 2.75) is 16.7 Å². The largest absolute Gasteiger partial charge is 1.00 e. The van der Waals surface area contributed by atoms with Crippen molar-refractivity contribution >= 4 is 48.1 Å². The summed E-state index contributed by atoms with van der Waals surface area (Å²) in [4.78, 5) is -1.88. The maximum absolute atomic E-state index is 11.7. The second-order valence-corrected chi connectivity index (χ2v) is 9.03. The average molecular weight is 511 g/mol. The third-order valence-corrected chi connectivity index (χ3v) is 5.84. The van der Waals surface area contributed by atoms with E-state index < -0.39 is 52.6 Å². The van der Waals surface area contributed by atoms with Crippen LogP contribution in [-0.2, 0) is 20.2 Å². The maximum Gasteiger partial charge on any atom is 1.00 e. The van der Waals surface area contributed by atoms with Gasteiger partial charge in [0.05, 0.1) is 20.9 Å². The number of azo groups is 1. The van der Waals surface area contributed by atoms with Crippen LogP contribution < -0.4 is 64.4 Å². The number of fused-ring (bicyclic) bond motifs is 1. The summed E-state index contributed by atoms with van der Waals surface area (Å²) in [5, 5.41) is 30.4. The molecule has 164 valence electrons. The number of aromatic hydroxyl groups is 2. The van der Waals surface area contributed by atoms with E-state index in [1.807, 2.05) is 6.92 Å². The van der Waals surface area contributed by atoms with Gasteiger partial charge in [0.1, 0.15) is 31.7 Å². The van der Waals surface area contributed by atoms with E-state index in [9.17, 15) is 36.2 Å². The molecule has 0 unspecified atom stereocenters. The fourth-order valence-corrected chi connectivity index (χ4v) is 4.00. The Morgan fingerprint density at radius 3 is 2.03 bits per heavy atom. The van der Waals surface area contributed by atoms with Crippen molar-refractivity contribution in [2.24, 2.45) is 10.2 Å². The Bertz CT molecular complexity index is 1410. The smallest absolute Gasteiger partial charge is 0.744 e. The van der Waals surface area contributed by atoms with Crippen LogP contribution in [0.5, 0.6) is 11.5 Å². The standard InChI is InChI=1S/C18H17N3O8S2.2Na/c1-2-19-11-3-5-12(6-4-11)20-21-17-15(31(27,28)29)8-10-7-13(30(24,25)26)9-14(22)16(10)18(17)23;;/h3-9,19,22-23H,2H2,1H3,(H,24,25,26)(H,27,28,29);;/q;2*+1/p-2. The van der Waals surface area contributed by atoms with Crippen LogP contribution >= 0.6 is 0 Å². The van der Waals surface area contributed by atoms with Crippen molar-refractivity contribution in [1.29, 1.82) is 0 Å². The Morgan fingerprint density at radius 2 is 1.52 bits per heavy atom. The van der Waals surface area contributed by atoms with Crippen molar-refractivity contribution in [3.63, 3.8) is 0 Å².